The summed E-state index contributed by atoms with van der Waals surface area (Å²) in [6.45, 7) is 4.48. The summed E-state index contributed by atoms with van der Waals surface area (Å²) in [6, 6.07) is 0. The molecule has 2 N–H and O–H groups in total. The topological polar surface area (TPSA) is 58.2 Å². The second kappa shape index (κ2) is 13.9. The van der Waals surface area contributed by atoms with Crippen LogP contribution in [0, 0.1) is 5.92 Å². The van der Waals surface area contributed by atoms with E-state index < -0.39 is 0 Å². The minimum Gasteiger partial charge on any atom is -0.358 e. The number of hydrogen-bond acceptors (Lipinski definition) is 2. The third kappa shape index (κ3) is 11.3. The third-order valence-electron chi connectivity index (χ3n) is 3.89. The van der Waals surface area contributed by atoms with Gasteiger partial charge in [-0.2, -0.15) is 0 Å². The van der Waals surface area contributed by atoms with Crippen LogP contribution < -0.4 is 10.6 Å². The number of unbranched alkanes of at least 4 members (excludes halogenated alkanes) is 6. The molecular weight excluding hydrogens is 264 g/mol. The first-order valence-electron chi connectivity index (χ1n) is 8.63. The van der Waals surface area contributed by atoms with Gasteiger partial charge in [0, 0.05) is 13.0 Å². The lowest BCUT2D eigenvalue weighted by atomic mass is 9.93. The van der Waals surface area contributed by atoms with E-state index in [1.54, 1.807) is 7.05 Å². The smallest absolute Gasteiger partial charge is 0.239 e. The Morgan fingerprint density at radius 2 is 1.38 bits per heavy atom. The lowest BCUT2D eigenvalue weighted by molar-refractivity contribution is -0.128. The largest absolute Gasteiger partial charge is 0.358 e. The van der Waals surface area contributed by atoms with Crippen LogP contribution in [0.25, 0.3) is 0 Å². The fourth-order valence-electron chi connectivity index (χ4n) is 2.44. The van der Waals surface area contributed by atoms with Crippen molar-refractivity contribution in [1.82, 2.24) is 10.6 Å². The summed E-state index contributed by atoms with van der Waals surface area (Å²) in [7, 11) is 1.58. The maximum Gasteiger partial charge on any atom is 0.239 e. The molecule has 0 heterocycles. The average Bonchev–Trinajstić information content (AvgIpc) is 2.50. The zero-order chi connectivity index (χ0) is 15.9. The van der Waals surface area contributed by atoms with Gasteiger partial charge in [-0.3, -0.25) is 9.59 Å². The molecule has 0 radical (unpaired) electrons. The molecule has 0 fully saturated rings. The molecule has 0 aromatic heterocycles. The number of rotatable bonds is 13. The number of likely N-dealkylation sites (N-methyl/N-ethyl adjacent to an activating group) is 1. The molecule has 4 heteroatoms. The standard InChI is InChI=1S/C17H34N2O2/c1-4-6-8-10-12-15(13-11-9-7-5-2)17(21)19-14-16(20)18-3/h15H,4-14H2,1-3H3,(H,18,20)(H,19,21). The first-order chi connectivity index (χ1) is 10.2. The van der Waals surface area contributed by atoms with E-state index in [1.165, 1.54) is 38.5 Å². The Balaban J connectivity index is 4.13. The molecule has 0 aliphatic carbocycles. The summed E-state index contributed by atoms with van der Waals surface area (Å²) >= 11 is 0. The summed E-state index contributed by atoms with van der Waals surface area (Å²) in [5, 5.41) is 5.29. The van der Waals surface area contributed by atoms with Crippen molar-refractivity contribution in [2.75, 3.05) is 13.6 Å². The van der Waals surface area contributed by atoms with Gasteiger partial charge in [0.25, 0.3) is 0 Å². The van der Waals surface area contributed by atoms with Gasteiger partial charge in [-0.15, -0.1) is 0 Å². The van der Waals surface area contributed by atoms with Crippen LogP contribution in [-0.2, 0) is 9.59 Å². The van der Waals surface area contributed by atoms with Crippen molar-refractivity contribution in [2.45, 2.75) is 78.1 Å². The van der Waals surface area contributed by atoms with Crippen LogP contribution in [0.3, 0.4) is 0 Å². The van der Waals surface area contributed by atoms with E-state index >= 15 is 0 Å². The van der Waals surface area contributed by atoms with E-state index in [4.69, 9.17) is 0 Å². The molecule has 0 aliphatic rings. The predicted octanol–water partition coefficient (Wildman–Crippen LogP) is 3.41. The molecule has 21 heavy (non-hydrogen) atoms. The van der Waals surface area contributed by atoms with Crippen LogP contribution in [-0.4, -0.2) is 25.4 Å². The van der Waals surface area contributed by atoms with Crippen molar-refractivity contribution in [3.8, 4) is 0 Å². The Morgan fingerprint density at radius 1 is 0.857 bits per heavy atom. The molecule has 0 aliphatic heterocycles. The van der Waals surface area contributed by atoms with Gasteiger partial charge in [0.05, 0.1) is 6.54 Å². The van der Waals surface area contributed by atoms with E-state index in [1.807, 2.05) is 0 Å². The quantitative estimate of drug-likeness (QED) is 0.512. The lowest BCUT2D eigenvalue weighted by Crippen LogP contribution is -2.38. The highest BCUT2D eigenvalue weighted by Gasteiger charge is 2.18. The second-order valence-electron chi connectivity index (χ2n) is 5.79. The van der Waals surface area contributed by atoms with Crippen LogP contribution in [0.5, 0.6) is 0 Å². The Morgan fingerprint density at radius 3 is 1.81 bits per heavy atom. The van der Waals surface area contributed by atoms with Crippen LogP contribution in [0.4, 0.5) is 0 Å². The molecule has 2 amide bonds. The molecular formula is C17H34N2O2. The van der Waals surface area contributed by atoms with Gasteiger partial charge < -0.3 is 10.6 Å². The highest BCUT2D eigenvalue weighted by Crippen LogP contribution is 2.18. The van der Waals surface area contributed by atoms with E-state index in [0.717, 1.165) is 25.7 Å². The molecule has 0 bridgehead atoms. The van der Waals surface area contributed by atoms with Crippen LogP contribution >= 0.6 is 0 Å². The van der Waals surface area contributed by atoms with Crippen LogP contribution in [0.15, 0.2) is 0 Å². The monoisotopic (exact) mass is 298 g/mol. The molecule has 0 unspecified atom stereocenters. The first kappa shape index (κ1) is 19.9. The van der Waals surface area contributed by atoms with Gasteiger partial charge in [0.1, 0.15) is 0 Å². The van der Waals surface area contributed by atoms with Gasteiger partial charge >= 0.3 is 0 Å². The van der Waals surface area contributed by atoms with Crippen molar-refractivity contribution in [1.29, 1.82) is 0 Å². The van der Waals surface area contributed by atoms with E-state index in [-0.39, 0.29) is 24.3 Å². The Kier molecular flexibility index (Phi) is 13.2. The SMILES string of the molecule is CCCCCCC(CCCCCC)C(=O)NCC(=O)NC. The summed E-state index contributed by atoms with van der Waals surface area (Å²) < 4.78 is 0. The molecule has 0 aromatic carbocycles. The molecule has 0 saturated heterocycles. The van der Waals surface area contributed by atoms with Gasteiger partial charge in [0.2, 0.25) is 11.8 Å². The minimum absolute atomic E-state index is 0.0478. The number of amides is 2. The molecule has 0 rings (SSSR count). The third-order valence-corrected chi connectivity index (χ3v) is 3.89. The van der Waals surface area contributed by atoms with Gasteiger partial charge in [0.15, 0.2) is 0 Å². The molecule has 4 nitrogen and oxygen atoms in total. The fraction of sp³-hybridized carbons (Fsp3) is 0.882. The molecule has 0 saturated carbocycles. The highest BCUT2D eigenvalue weighted by atomic mass is 16.2. The van der Waals surface area contributed by atoms with Gasteiger partial charge in [-0.05, 0) is 12.8 Å². The summed E-state index contributed by atoms with van der Waals surface area (Å²) in [5.74, 6) is -0.0194. The number of nitrogens with one attached hydrogen (secondary N) is 2. The van der Waals surface area contributed by atoms with Crippen molar-refractivity contribution in [3.63, 3.8) is 0 Å². The Hall–Kier alpha value is -1.06. The summed E-state index contributed by atoms with van der Waals surface area (Å²) in [4.78, 5) is 23.4. The maximum absolute atomic E-state index is 12.2. The summed E-state index contributed by atoms with van der Waals surface area (Å²) in [5.41, 5.74) is 0. The van der Waals surface area contributed by atoms with Gasteiger partial charge in [-0.25, -0.2) is 0 Å². The normalized spacial score (nSPS) is 10.7. The number of carbonyl (C=O) groups is 2. The van der Waals surface area contributed by atoms with Crippen molar-refractivity contribution in [2.24, 2.45) is 5.92 Å². The Labute approximate surface area is 130 Å². The van der Waals surface area contributed by atoms with E-state index in [2.05, 4.69) is 24.5 Å². The first-order valence-corrected chi connectivity index (χ1v) is 8.63. The zero-order valence-corrected chi connectivity index (χ0v) is 14.2. The van der Waals surface area contributed by atoms with Crippen LogP contribution in [0.1, 0.15) is 78.1 Å². The molecule has 124 valence electrons. The molecule has 0 aromatic rings. The highest BCUT2D eigenvalue weighted by molar-refractivity contribution is 5.85. The maximum atomic E-state index is 12.2. The van der Waals surface area contributed by atoms with Gasteiger partial charge in [-0.1, -0.05) is 65.2 Å². The average molecular weight is 298 g/mol. The van der Waals surface area contributed by atoms with Crippen molar-refractivity contribution in [3.05, 3.63) is 0 Å². The lowest BCUT2D eigenvalue weighted by Gasteiger charge is -2.16. The minimum atomic E-state index is -0.140. The molecule has 0 spiro atoms. The van der Waals surface area contributed by atoms with Crippen LogP contribution in [0.2, 0.25) is 0 Å². The second-order valence-corrected chi connectivity index (χ2v) is 5.79. The number of hydrogen-bond donors (Lipinski definition) is 2. The van der Waals surface area contributed by atoms with E-state index in [0.29, 0.717) is 0 Å². The molecule has 0 atom stereocenters. The predicted molar refractivity (Wildman–Crippen MR) is 88.1 cm³/mol. The Bertz CT molecular complexity index is 268. The summed E-state index contributed by atoms with van der Waals surface area (Å²) in [6.07, 6.45) is 11.4. The number of carbonyl (C=O) groups excluding carboxylic acids is 2. The zero-order valence-electron chi connectivity index (χ0n) is 14.2. The van der Waals surface area contributed by atoms with E-state index in [9.17, 15) is 9.59 Å². The fourth-order valence-corrected chi connectivity index (χ4v) is 2.44. The van der Waals surface area contributed by atoms with Crippen molar-refractivity contribution < 1.29 is 9.59 Å². The van der Waals surface area contributed by atoms with Crippen molar-refractivity contribution >= 4 is 11.8 Å².